The SMILES string of the molecule is CC(C)(N)C(=O)c1cnc2ccccc2c1. The largest absolute Gasteiger partial charge is 0.319 e. The summed E-state index contributed by atoms with van der Waals surface area (Å²) in [5.74, 6) is -0.0919. The number of aromatic nitrogens is 1. The summed E-state index contributed by atoms with van der Waals surface area (Å²) in [6, 6.07) is 9.52. The molecule has 0 saturated carbocycles. The summed E-state index contributed by atoms with van der Waals surface area (Å²) in [7, 11) is 0. The Labute approximate surface area is 94.3 Å². The lowest BCUT2D eigenvalue weighted by molar-refractivity contribution is 0.0913. The lowest BCUT2D eigenvalue weighted by Gasteiger charge is -2.16. The zero-order valence-electron chi connectivity index (χ0n) is 9.40. The number of Topliss-reactive ketones (excluding diaryl/α,β-unsaturated/α-hetero) is 1. The fourth-order valence-corrected chi connectivity index (χ4v) is 1.57. The quantitative estimate of drug-likeness (QED) is 0.779. The molecule has 2 rings (SSSR count). The Hall–Kier alpha value is -1.74. The number of ketones is 1. The number of benzene rings is 1. The minimum atomic E-state index is -0.857. The van der Waals surface area contributed by atoms with Crippen LogP contribution in [0.15, 0.2) is 36.5 Å². The number of rotatable bonds is 2. The second kappa shape index (κ2) is 3.68. The molecular weight excluding hydrogens is 200 g/mol. The number of fused-ring (bicyclic) bond motifs is 1. The molecule has 0 radical (unpaired) electrons. The van der Waals surface area contributed by atoms with Gasteiger partial charge in [0.05, 0.1) is 11.1 Å². The maximum Gasteiger partial charge on any atom is 0.183 e. The normalized spacial score (nSPS) is 11.7. The number of carbonyl (C=O) groups excluding carboxylic acids is 1. The van der Waals surface area contributed by atoms with Crippen molar-refractivity contribution in [1.82, 2.24) is 4.98 Å². The van der Waals surface area contributed by atoms with Crippen LogP contribution in [0.3, 0.4) is 0 Å². The molecule has 0 fully saturated rings. The van der Waals surface area contributed by atoms with Crippen LogP contribution in [0.2, 0.25) is 0 Å². The van der Waals surface area contributed by atoms with Crippen LogP contribution in [0, 0.1) is 0 Å². The third-order valence-corrected chi connectivity index (χ3v) is 2.44. The van der Waals surface area contributed by atoms with Crippen LogP contribution >= 0.6 is 0 Å². The Morgan fingerprint density at radius 3 is 2.69 bits per heavy atom. The van der Waals surface area contributed by atoms with Gasteiger partial charge in [0.2, 0.25) is 0 Å². The van der Waals surface area contributed by atoms with E-state index in [1.807, 2.05) is 30.3 Å². The second-order valence-corrected chi connectivity index (χ2v) is 4.47. The van der Waals surface area contributed by atoms with Crippen LogP contribution in [0.4, 0.5) is 0 Å². The lowest BCUT2D eigenvalue weighted by atomic mass is 9.95. The first-order valence-electron chi connectivity index (χ1n) is 5.17. The van der Waals surface area contributed by atoms with Crippen molar-refractivity contribution in [1.29, 1.82) is 0 Å². The summed E-state index contributed by atoms with van der Waals surface area (Å²) < 4.78 is 0. The van der Waals surface area contributed by atoms with E-state index in [1.165, 1.54) is 0 Å². The van der Waals surface area contributed by atoms with Gasteiger partial charge >= 0.3 is 0 Å². The Balaban J connectivity index is 2.52. The van der Waals surface area contributed by atoms with Gasteiger partial charge in [-0.25, -0.2) is 0 Å². The number of para-hydroxylation sites is 1. The molecule has 0 spiro atoms. The molecule has 82 valence electrons. The van der Waals surface area contributed by atoms with Crippen molar-refractivity contribution in [3.63, 3.8) is 0 Å². The Morgan fingerprint density at radius 1 is 1.31 bits per heavy atom. The van der Waals surface area contributed by atoms with E-state index < -0.39 is 5.54 Å². The van der Waals surface area contributed by atoms with Crippen molar-refractivity contribution in [3.8, 4) is 0 Å². The molecule has 1 aromatic carbocycles. The Kier molecular flexibility index (Phi) is 2.48. The molecule has 1 aromatic heterocycles. The fourth-order valence-electron chi connectivity index (χ4n) is 1.57. The molecule has 0 atom stereocenters. The maximum absolute atomic E-state index is 11.9. The molecule has 0 unspecified atom stereocenters. The highest BCUT2D eigenvalue weighted by Crippen LogP contribution is 2.16. The summed E-state index contributed by atoms with van der Waals surface area (Å²) >= 11 is 0. The van der Waals surface area contributed by atoms with Gasteiger partial charge < -0.3 is 5.73 Å². The number of nitrogens with two attached hydrogens (primary N) is 1. The smallest absolute Gasteiger partial charge is 0.183 e. The van der Waals surface area contributed by atoms with E-state index >= 15 is 0 Å². The molecular formula is C13H14N2O. The molecule has 3 nitrogen and oxygen atoms in total. The van der Waals surface area contributed by atoms with Crippen LogP contribution < -0.4 is 5.73 Å². The van der Waals surface area contributed by atoms with Crippen molar-refractivity contribution in [2.24, 2.45) is 5.73 Å². The van der Waals surface area contributed by atoms with Gasteiger partial charge in [0, 0.05) is 17.1 Å². The van der Waals surface area contributed by atoms with E-state index in [0.29, 0.717) is 5.56 Å². The summed E-state index contributed by atoms with van der Waals surface area (Å²) in [4.78, 5) is 16.2. The van der Waals surface area contributed by atoms with Crippen molar-refractivity contribution < 1.29 is 4.79 Å². The van der Waals surface area contributed by atoms with E-state index in [-0.39, 0.29) is 5.78 Å². The molecule has 0 bridgehead atoms. The zero-order valence-corrected chi connectivity index (χ0v) is 9.40. The minimum absolute atomic E-state index is 0.0919. The molecule has 2 N–H and O–H groups in total. The molecule has 2 aromatic rings. The average Bonchev–Trinajstić information content (AvgIpc) is 2.26. The summed E-state index contributed by atoms with van der Waals surface area (Å²) in [6.07, 6.45) is 1.58. The predicted molar refractivity (Wildman–Crippen MR) is 64.3 cm³/mol. The molecule has 0 aliphatic heterocycles. The van der Waals surface area contributed by atoms with Crippen LogP contribution in [-0.2, 0) is 0 Å². The first-order valence-corrected chi connectivity index (χ1v) is 5.17. The Morgan fingerprint density at radius 2 is 2.00 bits per heavy atom. The third-order valence-electron chi connectivity index (χ3n) is 2.44. The maximum atomic E-state index is 11.9. The van der Waals surface area contributed by atoms with Gasteiger partial charge in [-0.2, -0.15) is 0 Å². The van der Waals surface area contributed by atoms with E-state index in [2.05, 4.69) is 4.98 Å². The monoisotopic (exact) mass is 214 g/mol. The van der Waals surface area contributed by atoms with E-state index in [1.54, 1.807) is 20.0 Å². The van der Waals surface area contributed by atoms with Gasteiger partial charge in [0.25, 0.3) is 0 Å². The highest BCUT2D eigenvalue weighted by atomic mass is 16.1. The fraction of sp³-hybridized carbons (Fsp3) is 0.231. The van der Waals surface area contributed by atoms with Gasteiger partial charge in [-0.3, -0.25) is 9.78 Å². The van der Waals surface area contributed by atoms with Crippen molar-refractivity contribution in [3.05, 3.63) is 42.1 Å². The van der Waals surface area contributed by atoms with Gasteiger partial charge in [-0.05, 0) is 26.0 Å². The highest BCUT2D eigenvalue weighted by Gasteiger charge is 2.23. The predicted octanol–water partition coefficient (Wildman–Crippen LogP) is 2.15. The molecule has 3 heteroatoms. The molecule has 0 amide bonds. The minimum Gasteiger partial charge on any atom is -0.319 e. The Bertz CT molecular complexity index is 541. The number of nitrogens with zero attached hydrogens (tertiary/aromatic N) is 1. The number of hydrogen-bond donors (Lipinski definition) is 1. The molecule has 0 saturated heterocycles. The lowest BCUT2D eigenvalue weighted by Crippen LogP contribution is -2.41. The first-order chi connectivity index (χ1) is 7.48. The van der Waals surface area contributed by atoms with Crippen molar-refractivity contribution in [2.75, 3.05) is 0 Å². The van der Waals surface area contributed by atoms with Crippen LogP contribution in [0.25, 0.3) is 10.9 Å². The standard InChI is InChI=1S/C13H14N2O/c1-13(2,14)12(16)10-7-9-5-3-4-6-11(9)15-8-10/h3-8H,14H2,1-2H3. The highest BCUT2D eigenvalue weighted by molar-refractivity contribution is 6.04. The second-order valence-electron chi connectivity index (χ2n) is 4.47. The summed E-state index contributed by atoms with van der Waals surface area (Å²) in [5, 5.41) is 0.956. The van der Waals surface area contributed by atoms with Crippen LogP contribution in [0.5, 0.6) is 0 Å². The van der Waals surface area contributed by atoms with Gasteiger partial charge in [0.1, 0.15) is 0 Å². The molecule has 0 aliphatic carbocycles. The zero-order chi connectivity index (χ0) is 11.8. The molecule has 0 aliphatic rings. The van der Waals surface area contributed by atoms with Gasteiger partial charge in [-0.15, -0.1) is 0 Å². The van der Waals surface area contributed by atoms with E-state index in [0.717, 1.165) is 10.9 Å². The number of hydrogen-bond acceptors (Lipinski definition) is 3. The van der Waals surface area contributed by atoms with Crippen LogP contribution in [0.1, 0.15) is 24.2 Å². The number of carbonyl (C=O) groups is 1. The first kappa shape index (κ1) is 10.8. The van der Waals surface area contributed by atoms with Crippen molar-refractivity contribution >= 4 is 16.7 Å². The van der Waals surface area contributed by atoms with E-state index in [9.17, 15) is 4.79 Å². The van der Waals surface area contributed by atoms with E-state index in [4.69, 9.17) is 5.73 Å². The van der Waals surface area contributed by atoms with Gasteiger partial charge in [-0.1, -0.05) is 18.2 Å². The van der Waals surface area contributed by atoms with Crippen LogP contribution in [-0.4, -0.2) is 16.3 Å². The third kappa shape index (κ3) is 1.95. The molecule has 1 heterocycles. The van der Waals surface area contributed by atoms with Gasteiger partial charge in [0.15, 0.2) is 5.78 Å². The average molecular weight is 214 g/mol. The summed E-state index contributed by atoms with van der Waals surface area (Å²) in [5.41, 5.74) is 6.37. The summed E-state index contributed by atoms with van der Waals surface area (Å²) in [6.45, 7) is 3.40. The topological polar surface area (TPSA) is 56.0 Å². The molecule has 16 heavy (non-hydrogen) atoms. The number of pyridine rings is 1. The van der Waals surface area contributed by atoms with Crippen molar-refractivity contribution in [2.45, 2.75) is 19.4 Å².